The van der Waals surface area contributed by atoms with E-state index in [0.29, 0.717) is 0 Å². The van der Waals surface area contributed by atoms with Crippen molar-refractivity contribution in [1.82, 2.24) is 15.0 Å². The van der Waals surface area contributed by atoms with Gasteiger partial charge in [-0.2, -0.15) is 0 Å². The summed E-state index contributed by atoms with van der Waals surface area (Å²) in [5.74, 6) is 0.258. The number of hydrogen-bond acceptors (Lipinski definition) is 3. The molecule has 2 aromatic heterocycles. The van der Waals surface area contributed by atoms with Crippen molar-refractivity contribution in [3.8, 4) is 22.6 Å². The van der Waals surface area contributed by atoms with Crippen molar-refractivity contribution < 1.29 is 0 Å². The summed E-state index contributed by atoms with van der Waals surface area (Å²) in [6.07, 6.45) is 1.65. The van der Waals surface area contributed by atoms with E-state index in [9.17, 15) is 0 Å². The lowest BCUT2D eigenvalue weighted by molar-refractivity contribution is 1.16. The van der Waals surface area contributed by atoms with Crippen LogP contribution in [-0.4, -0.2) is 15.0 Å². The Kier molecular flexibility index (Phi) is 3.05. The summed E-state index contributed by atoms with van der Waals surface area (Å²) in [5.41, 5.74) is 9.46. The molecule has 5 heteroatoms. The zero-order valence-electron chi connectivity index (χ0n) is 9.97. The molecule has 1 aromatic carbocycles. The number of nitrogen functional groups attached to an aromatic ring is 1. The smallest absolute Gasteiger partial charge is 0.220 e. The van der Waals surface area contributed by atoms with Crippen molar-refractivity contribution in [2.24, 2.45) is 0 Å². The number of rotatable bonds is 2. The predicted molar refractivity (Wildman–Crippen MR) is 79.4 cm³/mol. The summed E-state index contributed by atoms with van der Waals surface area (Å²) in [7, 11) is 0. The van der Waals surface area contributed by atoms with Gasteiger partial charge in [0.25, 0.3) is 0 Å². The van der Waals surface area contributed by atoms with Gasteiger partial charge in [0.15, 0.2) is 0 Å². The first-order chi connectivity index (χ1) is 9.24. The van der Waals surface area contributed by atoms with E-state index < -0.39 is 0 Å². The fourth-order valence-corrected chi connectivity index (χ4v) is 2.29. The predicted octanol–water partition coefficient (Wildman–Crippen LogP) is 3.48. The zero-order chi connectivity index (χ0) is 13.2. The van der Waals surface area contributed by atoms with Gasteiger partial charge in [0.05, 0.1) is 10.2 Å². The van der Waals surface area contributed by atoms with Crippen LogP contribution in [0.2, 0.25) is 0 Å². The number of nitrogens with zero attached hydrogens (tertiary/aromatic N) is 2. The molecule has 0 radical (unpaired) electrons. The number of nitrogens with one attached hydrogen (secondary N) is 1. The topological polar surface area (TPSA) is 67.6 Å². The molecule has 0 aliphatic heterocycles. The molecule has 2 heterocycles. The van der Waals surface area contributed by atoms with Crippen LogP contribution < -0.4 is 5.73 Å². The second-order valence-corrected chi connectivity index (χ2v) is 4.93. The number of nitrogens with two attached hydrogens (primary N) is 1. The standard InChI is InChI=1S/C14H11BrN4/c15-10-8-17-14(16)19-13(10)12-7-6-11(18-12)9-4-2-1-3-5-9/h1-8,18H,(H2,16,17,19). The highest BCUT2D eigenvalue weighted by atomic mass is 79.9. The van der Waals surface area contributed by atoms with Gasteiger partial charge >= 0.3 is 0 Å². The molecule has 0 aliphatic carbocycles. The highest BCUT2D eigenvalue weighted by Gasteiger charge is 2.09. The first-order valence-electron chi connectivity index (χ1n) is 5.77. The Morgan fingerprint density at radius 3 is 2.53 bits per heavy atom. The van der Waals surface area contributed by atoms with Gasteiger partial charge in [-0.1, -0.05) is 30.3 Å². The molecule has 0 unspecified atom stereocenters. The molecule has 0 atom stereocenters. The third kappa shape index (κ3) is 2.37. The van der Waals surface area contributed by atoms with Crippen LogP contribution in [0, 0.1) is 0 Å². The van der Waals surface area contributed by atoms with Crippen LogP contribution in [0.1, 0.15) is 0 Å². The first-order valence-corrected chi connectivity index (χ1v) is 6.56. The van der Waals surface area contributed by atoms with E-state index in [4.69, 9.17) is 5.73 Å². The van der Waals surface area contributed by atoms with E-state index in [1.807, 2.05) is 30.3 Å². The zero-order valence-corrected chi connectivity index (χ0v) is 11.6. The van der Waals surface area contributed by atoms with Crippen LogP contribution in [-0.2, 0) is 0 Å². The van der Waals surface area contributed by atoms with E-state index in [1.54, 1.807) is 6.20 Å². The van der Waals surface area contributed by atoms with E-state index in [1.165, 1.54) is 0 Å². The van der Waals surface area contributed by atoms with Gasteiger partial charge in [-0.05, 0) is 33.6 Å². The summed E-state index contributed by atoms with van der Waals surface area (Å²) in [6, 6.07) is 14.1. The highest BCUT2D eigenvalue weighted by Crippen LogP contribution is 2.28. The van der Waals surface area contributed by atoms with Crippen LogP contribution in [0.5, 0.6) is 0 Å². The molecule has 3 aromatic rings. The molecule has 0 amide bonds. The molecule has 94 valence electrons. The summed E-state index contributed by atoms with van der Waals surface area (Å²) in [4.78, 5) is 11.5. The molecular formula is C14H11BrN4. The van der Waals surface area contributed by atoms with Crippen molar-refractivity contribution in [3.63, 3.8) is 0 Å². The van der Waals surface area contributed by atoms with Gasteiger partial charge in [0, 0.05) is 11.9 Å². The van der Waals surface area contributed by atoms with Gasteiger partial charge in [-0.15, -0.1) is 0 Å². The molecule has 4 nitrogen and oxygen atoms in total. The van der Waals surface area contributed by atoms with Gasteiger partial charge < -0.3 is 10.7 Å². The normalized spacial score (nSPS) is 10.6. The minimum atomic E-state index is 0.258. The largest absolute Gasteiger partial charge is 0.368 e. The van der Waals surface area contributed by atoms with Gasteiger partial charge in [0.1, 0.15) is 5.69 Å². The quantitative estimate of drug-likeness (QED) is 0.761. The average Bonchev–Trinajstić information content (AvgIpc) is 2.92. The average molecular weight is 315 g/mol. The van der Waals surface area contributed by atoms with Crippen molar-refractivity contribution in [1.29, 1.82) is 0 Å². The molecule has 19 heavy (non-hydrogen) atoms. The molecule has 0 fully saturated rings. The molecule has 3 rings (SSSR count). The lowest BCUT2D eigenvalue weighted by Gasteiger charge is -2.02. The molecule has 0 bridgehead atoms. The molecule has 0 saturated carbocycles. The maximum Gasteiger partial charge on any atom is 0.220 e. The second-order valence-electron chi connectivity index (χ2n) is 4.08. The number of anilines is 1. The summed E-state index contributed by atoms with van der Waals surface area (Å²) < 4.78 is 0.808. The Bertz CT molecular complexity index is 706. The summed E-state index contributed by atoms with van der Waals surface area (Å²) in [6.45, 7) is 0. The van der Waals surface area contributed by atoms with Crippen molar-refractivity contribution in [2.45, 2.75) is 0 Å². The Morgan fingerprint density at radius 2 is 1.74 bits per heavy atom. The number of aromatic nitrogens is 3. The van der Waals surface area contributed by atoms with Gasteiger partial charge in [-0.3, -0.25) is 0 Å². The second kappa shape index (κ2) is 4.85. The molecule has 0 saturated heterocycles. The van der Waals surface area contributed by atoms with Gasteiger partial charge in [0.2, 0.25) is 5.95 Å². The van der Waals surface area contributed by atoms with Crippen LogP contribution in [0.25, 0.3) is 22.6 Å². The van der Waals surface area contributed by atoms with E-state index >= 15 is 0 Å². The number of hydrogen-bond donors (Lipinski definition) is 2. The molecule has 0 aliphatic rings. The number of halogens is 1. The van der Waals surface area contributed by atoms with E-state index in [0.717, 1.165) is 27.1 Å². The Labute approximate surface area is 118 Å². The highest BCUT2D eigenvalue weighted by molar-refractivity contribution is 9.10. The first kappa shape index (κ1) is 11.9. The van der Waals surface area contributed by atoms with Crippen LogP contribution in [0.15, 0.2) is 53.1 Å². The molecule has 3 N–H and O–H groups in total. The Hall–Kier alpha value is -2.14. The van der Waals surface area contributed by atoms with E-state index in [2.05, 4.69) is 43.0 Å². The summed E-state index contributed by atoms with van der Waals surface area (Å²) in [5, 5.41) is 0. The maximum atomic E-state index is 5.63. The van der Waals surface area contributed by atoms with Crippen LogP contribution in [0.3, 0.4) is 0 Å². The minimum absolute atomic E-state index is 0.258. The van der Waals surface area contributed by atoms with Crippen LogP contribution >= 0.6 is 15.9 Å². The fraction of sp³-hybridized carbons (Fsp3) is 0. The monoisotopic (exact) mass is 314 g/mol. The summed E-state index contributed by atoms with van der Waals surface area (Å²) >= 11 is 3.43. The van der Waals surface area contributed by atoms with Crippen molar-refractivity contribution >= 4 is 21.9 Å². The Morgan fingerprint density at radius 1 is 1.00 bits per heavy atom. The third-order valence-corrected chi connectivity index (χ3v) is 3.37. The van der Waals surface area contributed by atoms with E-state index in [-0.39, 0.29) is 5.95 Å². The minimum Gasteiger partial charge on any atom is -0.368 e. The van der Waals surface area contributed by atoms with Crippen molar-refractivity contribution in [3.05, 3.63) is 53.1 Å². The number of aromatic amines is 1. The van der Waals surface area contributed by atoms with Crippen molar-refractivity contribution in [2.75, 3.05) is 5.73 Å². The lowest BCUT2D eigenvalue weighted by Crippen LogP contribution is -1.96. The Balaban J connectivity index is 2.04. The van der Waals surface area contributed by atoms with Gasteiger partial charge in [-0.25, -0.2) is 9.97 Å². The molecular weight excluding hydrogens is 304 g/mol. The maximum absolute atomic E-state index is 5.63. The fourth-order valence-electron chi connectivity index (χ4n) is 1.89. The molecule has 0 spiro atoms. The lowest BCUT2D eigenvalue weighted by atomic mass is 10.2. The SMILES string of the molecule is Nc1ncc(Br)c(-c2ccc(-c3ccccc3)[nH]2)n1. The third-order valence-electron chi connectivity index (χ3n) is 2.79. The van der Waals surface area contributed by atoms with Crippen LogP contribution in [0.4, 0.5) is 5.95 Å². The number of benzene rings is 1. The number of H-pyrrole nitrogens is 1.